The van der Waals surface area contributed by atoms with Gasteiger partial charge in [0.05, 0.1) is 11.3 Å². The zero-order valence-corrected chi connectivity index (χ0v) is 12.6. The van der Waals surface area contributed by atoms with E-state index in [1.807, 2.05) is 32.9 Å². The van der Waals surface area contributed by atoms with E-state index in [1.165, 1.54) is 5.56 Å². The van der Waals surface area contributed by atoms with E-state index in [0.29, 0.717) is 6.61 Å². The summed E-state index contributed by atoms with van der Waals surface area (Å²) in [5.74, 6) is 1.69. The Morgan fingerprint density at radius 2 is 2.05 bits per heavy atom. The number of aromatic nitrogens is 1. The molecule has 0 saturated carbocycles. The van der Waals surface area contributed by atoms with Crippen LogP contribution in [-0.4, -0.2) is 11.2 Å². The van der Waals surface area contributed by atoms with Crippen LogP contribution in [0, 0.1) is 20.8 Å². The summed E-state index contributed by atoms with van der Waals surface area (Å²) >= 11 is 0. The van der Waals surface area contributed by atoms with E-state index >= 15 is 0 Å². The maximum absolute atomic E-state index is 5.94. The molecule has 0 amide bonds. The molecule has 4 nitrogen and oxygen atoms in total. The highest BCUT2D eigenvalue weighted by Gasteiger charge is 2.12. The molecule has 0 aliphatic rings. The molecule has 0 saturated heterocycles. The molecule has 1 aromatic heterocycles. The average Bonchev–Trinajstić information content (AvgIpc) is 2.68. The molecule has 0 spiro atoms. The van der Waals surface area contributed by atoms with Gasteiger partial charge in [0.15, 0.2) is 0 Å². The highest BCUT2D eigenvalue weighted by Crippen LogP contribution is 2.23. The van der Waals surface area contributed by atoms with Crippen LogP contribution in [0.4, 0.5) is 0 Å². The number of rotatable bonds is 5. The molecule has 108 valence electrons. The van der Waals surface area contributed by atoms with Crippen LogP contribution in [0.2, 0.25) is 0 Å². The van der Waals surface area contributed by atoms with Crippen LogP contribution in [0.3, 0.4) is 0 Å². The van der Waals surface area contributed by atoms with Gasteiger partial charge < -0.3 is 15.0 Å². The molecule has 0 radical (unpaired) electrons. The number of hydrogen-bond donors (Lipinski definition) is 1. The summed E-state index contributed by atoms with van der Waals surface area (Å²) in [7, 11) is 0. The van der Waals surface area contributed by atoms with E-state index in [0.717, 1.165) is 34.8 Å². The summed E-state index contributed by atoms with van der Waals surface area (Å²) in [4.78, 5) is 0. The summed E-state index contributed by atoms with van der Waals surface area (Å²) in [6.07, 6.45) is 0.804. The predicted octanol–water partition coefficient (Wildman–Crippen LogP) is 3.07. The molecule has 2 rings (SSSR count). The largest absolute Gasteiger partial charge is 0.488 e. The number of aryl methyl sites for hydroxylation is 3. The SMILES string of the molecule is Cc1ccc(OCc2c(C)noc2C)c(CC(C)N)c1. The van der Waals surface area contributed by atoms with Crippen molar-refractivity contribution < 1.29 is 9.26 Å². The summed E-state index contributed by atoms with van der Waals surface area (Å²) in [5.41, 5.74) is 10.1. The summed E-state index contributed by atoms with van der Waals surface area (Å²) < 4.78 is 11.1. The van der Waals surface area contributed by atoms with Crippen molar-refractivity contribution in [1.29, 1.82) is 0 Å². The summed E-state index contributed by atoms with van der Waals surface area (Å²) in [5, 5.41) is 3.94. The lowest BCUT2D eigenvalue weighted by Crippen LogP contribution is -2.18. The molecular formula is C16H22N2O2. The molecule has 4 heteroatoms. The number of ether oxygens (including phenoxy) is 1. The number of nitrogens with two attached hydrogens (primary N) is 1. The van der Waals surface area contributed by atoms with Gasteiger partial charge in [-0.25, -0.2) is 0 Å². The smallest absolute Gasteiger partial charge is 0.140 e. The van der Waals surface area contributed by atoms with Crippen molar-refractivity contribution in [1.82, 2.24) is 5.16 Å². The van der Waals surface area contributed by atoms with E-state index in [1.54, 1.807) is 0 Å². The third-order valence-electron chi connectivity index (χ3n) is 3.31. The van der Waals surface area contributed by atoms with Gasteiger partial charge in [0.2, 0.25) is 0 Å². The Morgan fingerprint density at radius 3 is 2.65 bits per heavy atom. The first-order valence-electron chi connectivity index (χ1n) is 6.87. The first kappa shape index (κ1) is 14.6. The van der Waals surface area contributed by atoms with Gasteiger partial charge in [-0.15, -0.1) is 0 Å². The van der Waals surface area contributed by atoms with Crippen molar-refractivity contribution in [3.8, 4) is 5.75 Å². The van der Waals surface area contributed by atoms with Crippen molar-refractivity contribution in [2.75, 3.05) is 0 Å². The van der Waals surface area contributed by atoms with E-state index in [4.69, 9.17) is 15.0 Å². The second kappa shape index (κ2) is 6.09. The fraction of sp³-hybridized carbons (Fsp3) is 0.438. The van der Waals surface area contributed by atoms with Crippen LogP contribution in [0.5, 0.6) is 5.75 Å². The average molecular weight is 274 g/mol. The Labute approximate surface area is 119 Å². The first-order chi connectivity index (χ1) is 9.47. The third-order valence-corrected chi connectivity index (χ3v) is 3.31. The maximum Gasteiger partial charge on any atom is 0.140 e. The van der Waals surface area contributed by atoms with Gasteiger partial charge in [0.25, 0.3) is 0 Å². The Kier molecular flexibility index (Phi) is 4.45. The molecule has 1 heterocycles. The molecular weight excluding hydrogens is 252 g/mol. The lowest BCUT2D eigenvalue weighted by Gasteiger charge is -2.14. The van der Waals surface area contributed by atoms with Crippen LogP contribution in [0.1, 0.15) is 35.1 Å². The number of benzene rings is 1. The van der Waals surface area contributed by atoms with Gasteiger partial charge in [0, 0.05) is 6.04 Å². The minimum Gasteiger partial charge on any atom is -0.488 e. The topological polar surface area (TPSA) is 61.3 Å². The van der Waals surface area contributed by atoms with Crippen LogP contribution in [0.15, 0.2) is 22.7 Å². The van der Waals surface area contributed by atoms with Crippen molar-refractivity contribution >= 4 is 0 Å². The minimum atomic E-state index is 0.109. The van der Waals surface area contributed by atoms with E-state index in [9.17, 15) is 0 Å². The summed E-state index contributed by atoms with van der Waals surface area (Å²) in [6, 6.07) is 6.29. The summed E-state index contributed by atoms with van der Waals surface area (Å²) in [6.45, 7) is 8.36. The Hall–Kier alpha value is -1.81. The molecule has 20 heavy (non-hydrogen) atoms. The van der Waals surface area contributed by atoms with Gasteiger partial charge in [-0.1, -0.05) is 22.9 Å². The van der Waals surface area contributed by atoms with Crippen molar-refractivity contribution in [3.05, 3.63) is 46.3 Å². The number of hydrogen-bond acceptors (Lipinski definition) is 4. The van der Waals surface area contributed by atoms with Crippen molar-refractivity contribution in [3.63, 3.8) is 0 Å². The second-order valence-electron chi connectivity index (χ2n) is 5.38. The van der Waals surface area contributed by atoms with E-state index < -0.39 is 0 Å². The lowest BCUT2D eigenvalue weighted by atomic mass is 10.0. The van der Waals surface area contributed by atoms with Gasteiger partial charge in [-0.3, -0.25) is 0 Å². The monoisotopic (exact) mass is 274 g/mol. The second-order valence-corrected chi connectivity index (χ2v) is 5.38. The lowest BCUT2D eigenvalue weighted by molar-refractivity contribution is 0.298. The molecule has 1 atom stereocenters. The molecule has 0 aliphatic heterocycles. The maximum atomic E-state index is 5.94. The molecule has 1 aromatic carbocycles. The van der Waals surface area contributed by atoms with Crippen molar-refractivity contribution in [2.45, 2.75) is 46.8 Å². The van der Waals surface area contributed by atoms with E-state index in [2.05, 4.69) is 18.1 Å². The highest BCUT2D eigenvalue weighted by atomic mass is 16.5. The standard InChI is InChI=1S/C16H22N2O2/c1-10-5-6-16(14(7-10)8-11(2)17)19-9-15-12(3)18-20-13(15)4/h5-7,11H,8-9,17H2,1-4H3. The van der Waals surface area contributed by atoms with Gasteiger partial charge in [0.1, 0.15) is 18.1 Å². The van der Waals surface area contributed by atoms with Crippen molar-refractivity contribution in [2.24, 2.45) is 5.73 Å². The zero-order chi connectivity index (χ0) is 14.7. The molecule has 1 unspecified atom stereocenters. The predicted molar refractivity (Wildman–Crippen MR) is 78.8 cm³/mol. The Balaban J connectivity index is 2.17. The van der Waals surface area contributed by atoms with Crippen LogP contribution in [0.25, 0.3) is 0 Å². The molecule has 0 bridgehead atoms. The highest BCUT2D eigenvalue weighted by molar-refractivity contribution is 5.37. The van der Waals surface area contributed by atoms with E-state index in [-0.39, 0.29) is 6.04 Å². The van der Waals surface area contributed by atoms with Crippen LogP contribution >= 0.6 is 0 Å². The molecule has 0 aliphatic carbocycles. The van der Waals surface area contributed by atoms with Gasteiger partial charge >= 0.3 is 0 Å². The quantitative estimate of drug-likeness (QED) is 0.910. The fourth-order valence-corrected chi connectivity index (χ4v) is 2.21. The Morgan fingerprint density at radius 1 is 1.30 bits per heavy atom. The first-order valence-corrected chi connectivity index (χ1v) is 6.87. The Bertz CT molecular complexity index is 569. The zero-order valence-electron chi connectivity index (χ0n) is 12.6. The number of nitrogens with zero attached hydrogens (tertiary/aromatic N) is 1. The fourth-order valence-electron chi connectivity index (χ4n) is 2.21. The van der Waals surface area contributed by atoms with Crippen LogP contribution < -0.4 is 10.5 Å². The normalized spacial score (nSPS) is 12.4. The molecule has 0 fully saturated rings. The van der Waals surface area contributed by atoms with Gasteiger partial charge in [-0.05, 0) is 45.7 Å². The molecule has 2 aromatic rings. The van der Waals surface area contributed by atoms with Crippen LogP contribution in [-0.2, 0) is 13.0 Å². The minimum absolute atomic E-state index is 0.109. The molecule has 2 N–H and O–H groups in total. The third kappa shape index (κ3) is 3.39. The van der Waals surface area contributed by atoms with Gasteiger partial charge in [-0.2, -0.15) is 0 Å².